The molecule has 0 radical (unpaired) electrons. The standard InChI is InChI=1S/C3H4N4O2.H2O/c4-3-5-1(2(8)9)6-7-3;/h(H,8,9)(H3,4,5,6,7);1H2. The maximum atomic E-state index is 10.0. The van der Waals surface area contributed by atoms with E-state index in [1.165, 1.54) is 0 Å². The SMILES string of the molecule is Nc1n[nH]c(C(=O)O)n1.O. The van der Waals surface area contributed by atoms with Gasteiger partial charge in [0.25, 0.3) is 0 Å². The molecule has 1 aromatic rings. The number of nitrogens with two attached hydrogens (primary N) is 1. The van der Waals surface area contributed by atoms with Gasteiger partial charge in [0, 0.05) is 0 Å². The lowest BCUT2D eigenvalue weighted by molar-refractivity contribution is 0.0684. The van der Waals surface area contributed by atoms with E-state index in [1.807, 2.05) is 0 Å². The van der Waals surface area contributed by atoms with Crippen LogP contribution in [0.15, 0.2) is 0 Å². The van der Waals surface area contributed by atoms with E-state index in [1.54, 1.807) is 0 Å². The predicted octanol–water partition coefficient (Wildman–Crippen LogP) is -1.74. The summed E-state index contributed by atoms with van der Waals surface area (Å²) < 4.78 is 0. The molecule has 0 aromatic carbocycles. The number of aromatic amines is 1. The zero-order valence-electron chi connectivity index (χ0n) is 4.83. The number of nitrogens with zero attached hydrogens (tertiary/aromatic N) is 2. The zero-order chi connectivity index (χ0) is 6.85. The predicted molar refractivity (Wildman–Crippen MR) is 31.4 cm³/mol. The van der Waals surface area contributed by atoms with Gasteiger partial charge in [-0.1, -0.05) is 0 Å². The molecule has 1 aromatic heterocycles. The first-order valence-corrected chi connectivity index (χ1v) is 2.11. The maximum absolute atomic E-state index is 10.0. The number of carboxylic acids is 1. The van der Waals surface area contributed by atoms with Crippen LogP contribution in [0.25, 0.3) is 0 Å². The fourth-order valence-electron chi connectivity index (χ4n) is 0.370. The summed E-state index contributed by atoms with van der Waals surface area (Å²) >= 11 is 0. The van der Waals surface area contributed by atoms with Gasteiger partial charge in [0.1, 0.15) is 0 Å². The third kappa shape index (κ3) is 1.42. The minimum Gasteiger partial charge on any atom is -0.475 e. The van der Waals surface area contributed by atoms with Gasteiger partial charge in [-0.25, -0.2) is 4.79 Å². The number of rotatable bonds is 1. The number of aromatic nitrogens is 3. The van der Waals surface area contributed by atoms with Crippen molar-refractivity contribution in [1.29, 1.82) is 0 Å². The van der Waals surface area contributed by atoms with E-state index in [4.69, 9.17) is 10.8 Å². The number of nitrogen functional groups attached to an aromatic ring is 1. The van der Waals surface area contributed by atoms with E-state index >= 15 is 0 Å². The Kier molecular flexibility index (Phi) is 2.33. The molecule has 0 aliphatic rings. The average molecular weight is 146 g/mol. The third-order valence-corrected chi connectivity index (χ3v) is 0.705. The summed E-state index contributed by atoms with van der Waals surface area (Å²) in [6, 6.07) is 0. The Bertz CT molecular complexity index is 231. The van der Waals surface area contributed by atoms with Crippen molar-refractivity contribution in [3.05, 3.63) is 5.82 Å². The lowest BCUT2D eigenvalue weighted by Gasteiger charge is -1.77. The smallest absolute Gasteiger partial charge is 0.373 e. The number of aromatic carboxylic acids is 1. The van der Waals surface area contributed by atoms with Crippen molar-refractivity contribution in [2.24, 2.45) is 0 Å². The minimum atomic E-state index is -1.17. The van der Waals surface area contributed by atoms with Crippen LogP contribution in [0, 0.1) is 0 Å². The van der Waals surface area contributed by atoms with Crippen molar-refractivity contribution >= 4 is 11.9 Å². The van der Waals surface area contributed by atoms with E-state index in [0.717, 1.165) is 0 Å². The first-order chi connectivity index (χ1) is 4.20. The monoisotopic (exact) mass is 146 g/mol. The lowest BCUT2D eigenvalue weighted by Crippen LogP contribution is -1.98. The summed E-state index contributed by atoms with van der Waals surface area (Å²) in [5.41, 5.74) is 5.00. The molecule has 0 saturated carbocycles. The number of hydrogen-bond acceptors (Lipinski definition) is 4. The van der Waals surface area contributed by atoms with E-state index in [0.29, 0.717) is 0 Å². The third-order valence-electron chi connectivity index (χ3n) is 0.705. The van der Waals surface area contributed by atoms with E-state index in [2.05, 4.69) is 15.2 Å². The summed E-state index contributed by atoms with van der Waals surface area (Å²) in [6.07, 6.45) is 0. The van der Waals surface area contributed by atoms with Crippen molar-refractivity contribution in [3.8, 4) is 0 Å². The van der Waals surface area contributed by atoms with Crippen LogP contribution in [0.3, 0.4) is 0 Å². The van der Waals surface area contributed by atoms with Crippen molar-refractivity contribution in [3.63, 3.8) is 0 Å². The molecule has 0 unspecified atom stereocenters. The summed E-state index contributed by atoms with van der Waals surface area (Å²) in [5.74, 6) is -1.47. The summed E-state index contributed by atoms with van der Waals surface area (Å²) in [6.45, 7) is 0. The molecule has 0 aliphatic carbocycles. The second-order valence-electron chi connectivity index (χ2n) is 1.35. The molecule has 7 heteroatoms. The summed E-state index contributed by atoms with van der Waals surface area (Å²) in [5, 5.41) is 13.6. The van der Waals surface area contributed by atoms with E-state index < -0.39 is 5.97 Å². The highest BCUT2D eigenvalue weighted by molar-refractivity contribution is 5.83. The summed E-state index contributed by atoms with van der Waals surface area (Å²) in [4.78, 5) is 13.3. The molecule has 1 rings (SSSR count). The second kappa shape index (κ2) is 2.78. The van der Waals surface area contributed by atoms with Crippen molar-refractivity contribution in [2.75, 3.05) is 5.73 Å². The van der Waals surface area contributed by atoms with Gasteiger partial charge in [0.05, 0.1) is 0 Å². The number of nitrogens with one attached hydrogen (secondary N) is 1. The highest BCUT2D eigenvalue weighted by atomic mass is 16.4. The fourth-order valence-corrected chi connectivity index (χ4v) is 0.370. The topological polar surface area (TPSA) is 136 Å². The zero-order valence-corrected chi connectivity index (χ0v) is 4.83. The van der Waals surface area contributed by atoms with Crippen molar-refractivity contribution in [1.82, 2.24) is 15.2 Å². The second-order valence-corrected chi connectivity index (χ2v) is 1.35. The van der Waals surface area contributed by atoms with Crippen LogP contribution < -0.4 is 5.73 Å². The quantitative estimate of drug-likeness (QED) is 0.432. The Balaban J connectivity index is 0.000000810. The Labute approximate surface area is 55.2 Å². The summed E-state index contributed by atoms with van der Waals surface area (Å²) in [7, 11) is 0. The highest BCUT2D eigenvalue weighted by Crippen LogP contribution is 1.90. The van der Waals surface area contributed by atoms with Crippen molar-refractivity contribution in [2.45, 2.75) is 0 Å². The maximum Gasteiger partial charge on any atom is 0.373 e. The van der Waals surface area contributed by atoms with E-state index in [-0.39, 0.29) is 17.2 Å². The lowest BCUT2D eigenvalue weighted by atomic mass is 10.6. The van der Waals surface area contributed by atoms with Crippen LogP contribution in [-0.2, 0) is 0 Å². The van der Waals surface area contributed by atoms with Crippen LogP contribution in [-0.4, -0.2) is 31.7 Å². The number of hydrogen-bond donors (Lipinski definition) is 3. The molecule has 0 fully saturated rings. The number of carbonyl (C=O) groups is 1. The molecule has 10 heavy (non-hydrogen) atoms. The van der Waals surface area contributed by atoms with Crippen molar-refractivity contribution < 1.29 is 15.4 Å². The largest absolute Gasteiger partial charge is 0.475 e. The fraction of sp³-hybridized carbons (Fsp3) is 0. The van der Waals surface area contributed by atoms with Gasteiger partial charge < -0.3 is 16.3 Å². The molecule has 0 aliphatic heterocycles. The van der Waals surface area contributed by atoms with E-state index in [9.17, 15) is 4.79 Å². The molecular weight excluding hydrogens is 140 g/mol. The van der Waals surface area contributed by atoms with Gasteiger partial charge >= 0.3 is 5.97 Å². The first kappa shape index (κ1) is 8.37. The van der Waals surface area contributed by atoms with Gasteiger partial charge in [-0.2, -0.15) is 4.98 Å². The molecular formula is C3H6N4O3. The van der Waals surface area contributed by atoms with Gasteiger partial charge in [0.2, 0.25) is 11.8 Å². The molecule has 0 spiro atoms. The van der Waals surface area contributed by atoms with Crippen LogP contribution >= 0.6 is 0 Å². The molecule has 56 valence electrons. The van der Waals surface area contributed by atoms with Crippen LogP contribution in [0.5, 0.6) is 0 Å². The molecule has 6 N–H and O–H groups in total. The number of carboxylic acid groups (broad SMARTS) is 1. The highest BCUT2D eigenvalue weighted by Gasteiger charge is 2.05. The van der Waals surface area contributed by atoms with Gasteiger partial charge in [-0.05, 0) is 0 Å². The van der Waals surface area contributed by atoms with Gasteiger partial charge in [-0.3, -0.25) is 5.10 Å². The molecule has 7 nitrogen and oxygen atoms in total. The number of anilines is 1. The van der Waals surface area contributed by atoms with Crippen LogP contribution in [0.2, 0.25) is 0 Å². The Morgan fingerprint density at radius 3 is 2.50 bits per heavy atom. The Morgan fingerprint density at radius 2 is 2.30 bits per heavy atom. The molecule has 0 saturated heterocycles. The minimum absolute atomic E-state index is 0. The molecule has 0 bridgehead atoms. The average Bonchev–Trinajstić information content (AvgIpc) is 2.14. The Hall–Kier alpha value is -1.63. The molecule has 0 atom stereocenters. The molecule has 1 heterocycles. The van der Waals surface area contributed by atoms with Gasteiger partial charge in [0.15, 0.2) is 0 Å². The van der Waals surface area contributed by atoms with Crippen LogP contribution in [0.4, 0.5) is 5.95 Å². The molecule has 0 amide bonds. The Morgan fingerprint density at radius 1 is 1.70 bits per heavy atom. The first-order valence-electron chi connectivity index (χ1n) is 2.11. The van der Waals surface area contributed by atoms with Crippen LogP contribution in [0.1, 0.15) is 10.6 Å². The van der Waals surface area contributed by atoms with Gasteiger partial charge in [-0.15, -0.1) is 5.10 Å². The number of H-pyrrole nitrogens is 1. The normalized spacial score (nSPS) is 8.40.